The molecule has 3 heterocycles. The Hall–Kier alpha value is -1.96. The smallest absolute Gasteiger partial charge is 0.199 e. The zero-order valence-electron chi connectivity index (χ0n) is 14.3. The van der Waals surface area contributed by atoms with Gasteiger partial charge in [-0.3, -0.25) is 4.90 Å². The second kappa shape index (κ2) is 6.74. The van der Waals surface area contributed by atoms with Crippen LogP contribution in [0.2, 0.25) is 0 Å². The number of methoxy groups -OCH3 is 1. The molecule has 3 aromatic rings. The Morgan fingerprint density at radius 3 is 3.04 bits per heavy atom. The van der Waals surface area contributed by atoms with Crippen molar-refractivity contribution in [2.45, 2.75) is 19.6 Å². The summed E-state index contributed by atoms with van der Waals surface area (Å²) in [6, 6.07) is 10.1. The van der Waals surface area contributed by atoms with Crippen LogP contribution < -0.4 is 4.74 Å². The van der Waals surface area contributed by atoms with Crippen LogP contribution >= 0.6 is 23.6 Å². The molecule has 0 bridgehead atoms. The number of fused-ring (bicyclic) bond motifs is 1. The van der Waals surface area contributed by atoms with Crippen molar-refractivity contribution in [3.8, 4) is 17.1 Å². The first-order chi connectivity index (χ1) is 12.2. The Kier molecular flexibility index (Phi) is 4.45. The van der Waals surface area contributed by atoms with Crippen molar-refractivity contribution in [2.24, 2.45) is 7.05 Å². The van der Waals surface area contributed by atoms with Gasteiger partial charge in [-0.05, 0) is 47.8 Å². The number of thiophene rings is 1. The van der Waals surface area contributed by atoms with Crippen LogP contribution in [0.4, 0.5) is 0 Å². The molecule has 2 aromatic heterocycles. The van der Waals surface area contributed by atoms with Crippen LogP contribution in [0.3, 0.4) is 0 Å². The Morgan fingerprint density at radius 2 is 2.20 bits per heavy atom. The fraction of sp³-hybridized carbons (Fsp3) is 0.333. The van der Waals surface area contributed by atoms with Crippen molar-refractivity contribution < 1.29 is 4.74 Å². The molecule has 0 fully saturated rings. The van der Waals surface area contributed by atoms with E-state index in [1.165, 1.54) is 10.4 Å². The van der Waals surface area contributed by atoms with Crippen molar-refractivity contribution in [3.63, 3.8) is 0 Å². The fourth-order valence-corrected chi connectivity index (χ4v) is 4.29. The van der Waals surface area contributed by atoms with Gasteiger partial charge in [0.1, 0.15) is 5.75 Å². The highest BCUT2D eigenvalue weighted by atomic mass is 32.1. The third-order valence-corrected chi connectivity index (χ3v) is 6.10. The monoisotopic (exact) mass is 372 g/mol. The number of rotatable bonds is 4. The zero-order chi connectivity index (χ0) is 17.4. The highest BCUT2D eigenvalue weighted by Gasteiger charge is 2.19. The van der Waals surface area contributed by atoms with Crippen LogP contribution in [0.25, 0.3) is 11.4 Å². The minimum absolute atomic E-state index is 0.714. The first kappa shape index (κ1) is 16.5. The first-order valence-electron chi connectivity index (χ1n) is 8.21. The molecule has 0 atom stereocenters. The van der Waals surface area contributed by atoms with E-state index in [1.807, 2.05) is 51.9 Å². The summed E-state index contributed by atoms with van der Waals surface area (Å²) >= 11 is 7.47. The van der Waals surface area contributed by atoms with Gasteiger partial charge < -0.3 is 9.30 Å². The lowest BCUT2D eigenvalue weighted by Gasteiger charge is -2.26. The Labute approximate surface area is 156 Å². The molecule has 5 nitrogen and oxygen atoms in total. The average Bonchev–Trinajstić information content (AvgIpc) is 3.21. The maximum atomic E-state index is 5.61. The molecule has 25 heavy (non-hydrogen) atoms. The van der Waals surface area contributed by atoms with E-state index in [9.17, 15) is 0 Å². The lowest BCUT2D eigenvalue weighted by molar-refractivity contribution is 0.189. The highest BCUT2D eigenvalue weighted by molar-refractivity contribution is 7.71. The van der Waals surface area contributed by atoms with E-state index in [4.69, 9.17) is 22.1 Å². The number of nitrogens with zero attached hydrogens (tertiary/aromatic N) is 4. The fourth-order valence-electron chi connectivity index (χ4n) is 3.21. The number of benzene rings is 1. The van der Waals surface area contributed by atoms with Crippen LogP contribution in [0.1, 0.15) is 10.4 Å². The van der Waals surface area contributed by atoms with Crippen LogP contribution in [0.15, 0.2) is 35.7 Å². The largest absolute Gasteiger partial charge is 0.497 e. The molecular formula is C18H20N4OS2. The van der Waals surface area contributed by atoms with Crippen molar-refractivity contribution in [1.29, 1.82) is 0 Å². The Bertz CT molecular complexity index is 956. The normalized spacial score (nSPS) is 14.5. The quantitative estimate of drug-likeness (QED) is 0.654. The molecule has 0 saturated heterocycles. The topological polar surface area (TPSA) is 35.2 Å². The summed E-state index contributed by atoms with van der Waals surface area (Å²) < 4.78 is 9.93. The predicted molar refractivity (Wildman–Crippen MR) is 102 cm³/mol. The lowest BCUT2D eigenvalue weighted by Crippen LogP contribution is -2.32. The molecule has 4 rings (SSSR count). The molecule has 0 spiro atoms. The van der Waals surface area contributed by atoms with Gasteiger partial charge in [-0.1, -0.05) is 12.1 Å². The van der Waals surface area contributed by atoms with Gasteiger partial charge in [0.05, 0.1) is 13.8 Å². The van der Waals surface area contributed by atoms with Gasteiger partial charge in [0.15, 0.2) is 10.6 Å². The zero-order valence-corrected chi connectivity index (χ0v) is 15.9. The van der Waals surface area contributed by atoms with Gasteiger partial charge >= 0.3 is 0 Å². The summed E-state index contributed by atoms with van der Waals surface area (Å²) in [5.41, 5.74) is 2.44. The van der Waals surface area contributed by atoms with E-state index < -0.39 is 0 Å². The van der Waals surface area contributed by atoms with Gasteiger partial charge in [0.25, 0.3) is 0 Å². The maximum absolute atomic E-state index is 5.61. The molecule has 1 aromatic carbocycles. The van der Waals surface area contributed by atoms with Gasteiger partial charge in [-0.2, -0.15) is 5.10 Å². The first-order valence-corrected chi connectivity index (χ1v) is 9.50. The molecule has 0 saturated carbocycles. The van der Waals surface area contributed by atoms with E-state index in [1.54, 1.807) is 7.11 Å². The van der Waals surface area contributed by atoms with Gasteiger partial charge in [-0.15, -0.1) is 11.3 Å². The highest BCUT2D eigenvalue weighted by Crippen LogP contribution is 2.25. The minimum Gasteiger partial charge on any atom is -0.497 e. The summed E-state index contributed by atoms with van der Waals surface area (Å²) in [5, 5.41) is 6.96. The van der Waals surface area contributed by atoms with Crippen molar-refractivity contribution >= 4 is 23.6 Å². The third kappa shape index (κ3) is 3.15. The van der Waals surface area contributed by atoms with E-state index >= 15 is 0 Å². The predicted octanol–water partition coefficient (Wildman–Crippen LogP) is 3.70. The molecule has 0 aliphatic carbocycles. The van der Waals surface area contributed by atoms with E-state index in [0.717, 1.165) is 41.4 Å². The number of aromatic nitrogens is 3. The van der Waals surface area contributed by atoms with Crippen molar-refractivity contribution in [2.75, 3.05) is 13.7 Å². The summed E-state index contributed by atoms with van der Waals surface area (Å²) in [7, 11) is 3.64. The van der Waals surface area contributed by atoms with Gasteiger partial charge in [0, 0.05) is 30.6 Å². The SMILES string of the molecule is COc1cccc(-c2nn(CN3CCc4sccc4C3)c(=S)n2C)c1. The minimum atomic E-state index is 0.714. The Balaban J connectivity index is 1.60. The van der Waals surface area contributed by atoms with Crippen LogP contribution in [0.5, 0.6) is 5.75 Å². The Morgan fingerprint density at radius 1 is 1.32 bits per heavy atom. The molecule has 7 heteroatoms. The second-order valence-electron chi connectivity index (χ2n) is 6.21. The third-order valence-electron chi connectivity index (χ3n) is 4.59. The van der Waals surface area contributed by atoms with E-state index in [-0.39, 0.29) is 0 Å². The summed E-state index contributed by atoms with van der Waals surface area (Å²) in [6.07, 6.45) is 1.11. The van der Waals surface area contributed by atoms with Gasteiger partial charge in [0.2, 0.25) is 0 Å². The standard InChI is InChI=1S/C18H20N4OS2/c1-20-17(13-4-3-5-15(10-13)23-2)19-22(18(20)24)12-21-8-6-16-14(11-21)7-9-25-16/h3-5,7,9-10H,6,8,11-12H2,1-2H3. The molecule has 1 aliphatic heterocycles. The van der Waals surface area contributed by atoms with Crippen molar-refractivity contribution in [3.05, 3.63) is 50.9 Å². The summed E-state index contributed by atoms with van der Waals surface area (Å²) in [5.74, 6) is 1.68. The maximum Gasteiger partial charge on any atom is 0.199 e. The van der Waals surface area contributed by atoms with E-state index in [0.29, 0.717) is 6.67 Å². The average molecular weight is 373 g/mol. The van der Waals surface area contributed by atoms with Crippen LogP contribution in [0, 0.1) is 4.77 Å². The molecule has 130 valence electrons. The number of hydrogen-bond donors (Lipinski definition) is 0. The van der Waals surface area contributed by atoms with Crippen LogP contribution in [-0.2, 0) is 26.7 Å². The van der Waals surface area contributed by atoms with Gasteiger partial charge in [-0.25, -0.2) is 4.68 Å². The van der Waals surface area contributed by atoms with E-state index in [2.05, 4.69) is 16.3 Å². The molecular weight excluding hydrogens is 352 g/mol. The molecule has 0 radical (unpaired) electrons. The molecule has 0 N–H and O–H groups in total. The van der Waals surface area contributed by atoms with Crippen molar-refractivity contribution in [1.82, 2.24) is 19.2 Å². The number of hydrogen-bond acceptors (Lipinski definition) is 5. The summed E-state index contributed by atoms with van der Waals surface area (Å²) in [6.45, 7) is 2.72. The second-order valence-corrected chi connectivity index (χ2v) is 7.58. The summed E-state index contributed by atoms with van der Waals surface area (Å²) in [4.78, 5) is 3.91. The molecule has 1 aliphatic rings. The van der Waals surface area contributed by atoms with Crippen LogP contribution in [-0.4, -0.2) is 32.9 Å². The molecule has 0 amide bonds. The number of ether oxygens (including phenoxy) is 1. The molecule has 0 unspecified atom stereocenters. The lowest BCUT2D eigenvalue weighted by atomic mass is 10.1.